The number of carbonyl (C=O) groups excluding carboxylic acids is 2. The molecule has 0 spiro atoms. The zero-order valence-electron chi connectivity index (χ0n) is 18.7. The van der Waals surface area contributed by atoms with Crippen molar-refractivity contribution in [3.05, 3.63) is 46.5 Å². The molecule has 1 aliphatic rings. The number of fused-ring (bicyclic) bond motifs is 1. The predicted octanol–water partition coefficient (Wildman–Crippen LogP) is 4.71. The first-order valence-corrected chi connectivity index (χ1v) is 10.9. The molecule has 31 heavy (non-hydrogen) atoms. The number of rotatable bonds is 9. The highest BCUT2D eigenvalue weighted by Gasteiger charge is 2.25. The Morgan fingerprint density at radius 3 is 2.65 bits per heavy atom. The molecule has 0 unspecified atom stereocenters. The van der Waals surface area contributed by atoms with E-state index < -0.39 is 5.82 Å². The summed E-state index contributed by atoms with van der Waals surface area (Å²) in [4.78, 5) is 30.4. The van der Waals surface area contributed by atoms with E-state index in [4.69, 9.17) is 0 Å². The van der Waals surface area contributed by atoms with Gasteiger partial charge in [-0.05, 0) is 76.2 Å². The standard InChI is InChI=1S/C24H31FN4O2/c1-5-29(6-2)12-8-7-9-22(30)28-23-15(3)21(26-16(23)4)14-19-18-13-17(25)10-11-20(18)27-24(19)31/h10-11,13-14,26H,5-9,12H2,1-4H3,(H,27,31)(H,28,30)/b19-14-. The van der Waals surface area contributed by atoms with Gasteiger partial charge in [-0.3, -0.25) is 9.59 Å². The maximum Gasteiger partial charge on any atom is 0.256 e. The molecule has 1 aliphatic heterocycles. The number of anilines is 2. The number of carbonyl (C=O) groups is 2. The first kappa shape index (κ1) is 22.7. The Morgan fingerprint density at radius 2 is 1.94 bits per heavy atom. The third-order valence-corrected chi connectivity index (χ3v) is 5.82. The molecule has 1 aromatic carbocycles. The molecule has 0 fully saturated rings. The molecule has 3 N–H and O–H groups in total. The Morgan fingerprint density at radius 1 is 1.19 bits per heavy atom. The lowest BCUT2D eigenvalue weighted by molar-refractivity contribution is -0.116. The number of amides is 2. The van der Waals surface area contributed by atoms with Crippen LogP contribution in [0.1, 0.15) is 55.6 Å². The van der Waals surface area contributed by atoms with Gasteiger partial charge in [0, 0.05) is 29.1 Å². The molecule has 0 aliphatic carbocycles. The summed E-state index contributed by atoms with van der Waals surface area (Å²) in [6.07, 6.45) is 4.01. The average molecular weight is 427 g/mol. The van der Waals surface area contributed by atoms with Gasteiger partial charge in [-0.15, -0.1) is 0 Å². The van der Waals surface area contributed by atoms with Gasteiger partial charge in [-0.2, -0.15) is 0 Å². The van der Waals surface area contributed by atoms with Crippen LogP contribution in [0.4, 0.5) is 15.8 Å². The Labute approximate surface area is 182 Å². The second-order valence-corrected chi connectivity index (χ2v) is 7.90. The highest BCUT2D eigenvalue weighted by Crippen LogP contribution is 2.35. The molecule has 0 atom stereocenters. The van der Waals surface area contributed by atoms with Crippen LogP contribution in [0, 0.1) is 19.7 Å². The molecular weight excluding hydrogens is 395 g/mol. The monoisotopic (exact) mass is 426 g/mol. The Balaban J connectivity index is 1.69. The fourth-order valence-corrected chi connectivity index (χ4v) is 3.92. The van der Waals surface area contributed by atoms with E-state index in [0.717, 1.165) is 55.1 Å². The lowest BCUT2D eigenvalue weighted by atomic mass is 10.0. The minimum atomic E-state index is -0.394. The maximum atomic E-state index is 13.7. The number of benzene rings is 1. The number of hydrogen-bond acceptors (Lipinski definition) is 3. The van der Waals surface area contributed by atoms with Crippen molar-refractivity contribution in [2.45, 2.75) is 47.0 Å². The van der Waals surface area contributed by atoms with Crippen molar-refractivity contribution in [3.8, 4) is 0 Å². The molecule has 2 amide bonds. The first-order valence-electron chi connectivity index (χ1n) is 10.9. The van der Waals surface area contributed by atoms with Crippen LogP contribution in [0.5, 0.6) is 0 Å². The Hall–Kier alpha value is -2.93. The van der Waals surface area contributed by atoms with Crippen molar-refractivity contribution in [1.82, 2.24) is 9.88 Å². The molecule has 0 saturated carbocycles. The molecule has 7 heteroatoms. The van der Waals surface area contributed by atoms with Gasteiger partial charge in [0.05, 0.1) is 11.3 Å². The minimum absolute atomic E-state index is 0.0185. The number of unbranched alkanes of at least 4 members (excludes halogenated alkanes) is 1. The summed E-state index contributed by atoms with van der Waals surface area (Å²) in [6.45, 7) is 11.1. The normalized spacial score (nSPS) is 14.3. The third kappa shape index (κ3) is 5.22. The van der Waals surface area contributed by atoms with Crippen LogP contribution >= 0.6 is 0 Å². The quantitative estimate of drug-likeness (QED) is 0.401. The van der Waals surface area contributed by atoms with E-state index in [-0.39, 0.29) is 11.8 Å². The predicted molar refractivity (Wildman–Crippen MR) is 123 cm³/mol. The maximum absolute atomic E-state index is 13.7. The summed E-state index contributed by atoms with van der Waals surface area (Å²) in [5.41, 5.74) is 4.65. The van der Waals surface area contributed by atoms with Crippen LogP contribution in [0.2, 0.25) is 0 Å². The highest BCUT2D eigenvalue weighted by atomic mass is 19.1. The summed E-state index contributed by atoms with van der Waals surface area (Å²) in [7, 11) is 0. The number of halogens is 1. The van der Waals surface area contributed by atoms with Crippen molar-refractivity contribution < 1.29 is 14.0 Å². The molecule has 2 aromatic rings. The zero-order valence-corrected chi connectivity index (χ0v) is 18.7. The van der Waals surface area contributed by atoms with Crippen molar-refractivity contribution in [1.29, 1.82) is 0 Å². The van der Waals surface area contributed by atoms with Gasteiger partial charge in [0.2, 0.25) is 5.91 Å². The van der Waals surface area contributed by atoms with Crippen molar-refractivity contribution >= 4 is 34.8 Å². The van der Waals surface area contributed by atoms with Gasteiger partial charge in [-0.25, -0.2) is 4.39 Å². The van der Waals surface area contributed by atoms with Crippen LogP contribution in [0.3, 0.4) is 0 Å². The van der Waals surface area contributed by atoms with Gasteiger partial charge in [0.15, 0.2) is 0 Å². The molecule has 166 valence electrons. The average Bonchev–Trinajstić information content (AvgIpc) is 3.18. The SMILES string of the molecule is CCN(CC)CCCCC(=O)Nc1c(C)[nH]c(/C=C2\C(=O)Nc3ccc(F)cc32)c1C. The number of H-pyrrole nitrogens is 1. The number of aromatic nitrogens is 1. The molecule has 3 rings (SSSR count). The number of aryl methyl sites for hydroxylation is 1. The summed E-state index contributed by atoms with van der Waals surface area (Å²) < 4.78 is 13.7. The van der Waals surface area contributed by atoms with E-state index in [0.29, 0.717) is 23.2 Å². The molecular formula is C24H31FN4O2. The van der Waals surface area contributed by atoms with E-state index >= 15 is 0 Å². The lowest BCUT2D eigenvalue weighted by Crippen LogP contribution is -2.24. The van der Waals surface area contributed by atoms with Crippen LogP contribution in [0.15, 0.2) is 18.2 Å². The molecule has 0 radical (unpaired) electrons. The van der Waals surface area contributed by atoms with Crippen LogP contribution in [-0.4, -0.2) is 41.3 Å². The number of nitrogens with zero attached hydrogens (tertiary/aromatic N) is 1. The van der Waals surface area contributed by atoms with Gasteiger partial charge in [0.1, 0.15) is 5.82 Å². The van der Waals surface area contributed by atoms with E-state index in [1.54, 1.807) is 12.1 Å². The second-order valence-electron chi connectivity index (χ2n) is 7.90. The number of hydrogen-bond donors (Lipinski definition) is 3. The Bertz CT molecular complexity index is 1010. The summed E-state index contributed by atoms with van der Waals surface area (Å²) >= 11 is 0. The fraction of sp³-hybridized carbons (Fsp3) is 0.417. The first-order chi connectivity index (χ1) is 14.8. The fourth-order valence-electron chi connectivity index (χ4n) is 3.92. The van der Waals surface area contributed by atoms with Gasteiger partial charge >= 0.3 is 0 Å². The van der Waals surface area contributed by atoms with Crippen LogP contribution < -0.4 is 10.6 Å². The third-order valence-electron chi connectivity index (χ3n) is 5.82. The summed E-state index contributed by atoms with van der Waals surface area (Å²) in [6, 6.07) is 4.23. The van der Waals surface area contributed by atoms with Gasteiger partial charge in [-0.1, -0.05) is 13.8 Å². The number of aromatic amines is 1. The largest absolute Gasteiger partial charge is 0.357 e. The molecule has 0 bridgehead atoms. The van der Waals surface area contributed by atoms with Crippen LogP contribution in [-0.2, 0) is 9.59 Å². The molecule has 0 saturated heterocycles. The van der Waals surface area contributed by atoms with E-state index in [1.807, 2.05) is 13.8 Å². The molecule has 2 heterocycles. The zero-order chi connectivity index (χ0) is 22.5. The van der Waals surface area contributed by atoms with E-state index in [1.165, 1.54) is 12.1 Å². The Kier molecular flexibility index (Phi) is 7.28. The second kappa shape index (κ2) is 9.92. The summed E-state index contributed by atoms with van der Waals surface area (Å²) in [5, 5.41) is 5.76. The van der Waals surface area contributed by atoms with Gasteiger partial charge < -0.3 is 20.5 Å². The van der Waals surface area contributed by atoms with E-state index in [9.17, 15) is 14.0 Å². The minimum Gasteiger partial charge on any atom is -0.357 e. The van der Waals surface area contributed by atoms with Crippen molar-refractivity contribution in [2.24, 2.45) is 0 Å². The van der Waals surface area contributed by atoms with Crippen LogP contribution in [0.25, 0.3) is 11.6 Å². The van der Waals surface area contributed by atoms with E-state index in [2.05, 4.69) is 34.4 Å². The molecule has 1 aromatic heterocycles. The highest BCUT2D eigenvalue weighted by molar-refractivity contribution is 6.34. The summed E-state index contributed by atoms with van der Waals surface area (Å²) in [5.74, 6) is -0.685. The number of nitrogens with one attached hydrogen (secondary N) is 3. The molecule has 6 nitrogen and oxygen atoms in total. The van der Waals surface area contributed by atoms with Gasteiger partial charge in [0.25, 0.3) is 5.91 Å². The van der Waals surface area contributed by atoms with Crippen molar-refractivity contribution in [2.75, 3.05) is 30.3 Å². The lowest BCUT2D eigenvalue weighted by Gasteiger charge is -2.17. The van der Waals surface area contributed by atoms with Crippen molar-refractivity contribution in [3.63, 3.8) is 0 Å². The topological polar surface area (TPSA) is 77.2 Å². The smallest absolute Gasteiger partial charge is 0.256 e.